The molecule has 0 saturated carbocycles. The Morgan fingerprint density at radius 1 is 1.30 bits per heavy atom. The summed E-state index contributed by atoms with van der Waals surface area (Å²) in [5.74, 6) is -1.54. The van der Waals surface area contributed by atoms with Crippen molar-refractivity contribution in [2.45, 2.75) is 34.2 Å². The van der Waals surface area contributed by atoms with Gasteiger partial charge in [0.1, 0.15) is 0 Å². The number of hydrogen-bond donors (Lipinski definition) is 1. The van der Waals surface area contributed by atoms with Crippen LogP contribution in [0.3, 0.4) is 0 Å². The van der Waals surface area contributed by atoms with Crippen molar-refractivity contribution in [3.8, 4) is 0 Å². The van der Waals surface area contributed by atoms with Gasteiger partial charge in [-0.05, 0) is 17.7 Å². The SMILES string of the molecule is CC(CN(Cc1ccncc1)C(=O)C(C)(C)C)C(=O)O. The quantitative estimate of drug-likeness (QED) is 0.896. The fourth-order valence-corrected chi connectivity index (χ4v) is 1.81. The van der Waals surface area contributed by atoms with Gasteiger partial charge in [-0.2, -0.15) is 0 Å². The zero-order chi connectivity index (χ0) is 15.3. The van der Waals surface area contributed by atoms with Gasteiger partial charge in [-0.25, -0.2) is 0 Å². The van der Waals surface area contributed by atoms with Gasteiger partial charge in [0.25, 0.3) is 0 Å². The Morgan fingerprint density at radius 2 is 1.85 bits per heavy atom. The molecule has 0 aromatic carbocycles. The third-order valence-electron chi connectivity index (χ3n) is 2.97. The molecule has 1 aromatic heterocycles. The molecule has 0 bridgehead atoms. The topological polar surface area (TPSA) is 70.5 Å². The maximum Gasteiger partial charge on any atom is 0.308 e. The van der Waals surface area contributed by atoms with Crippen LogP contribution in [-0.4, -0.2) is 33.4 Å². The zero-order valence-electron chi connectivity index (χ0n) is 12.5. The molecule has 20 heavy (non-hydrogen) atoms. The second-order valence-corrected chi connectivity index (χ2v) is 6.03. The lowest BCUT2D eigenvalue weighted by Gasteiger charge is -2.30. The molecule has 5 nitrogen and oxygen atoms in total. The first-order valence-corrected chi connectivity index (χ1v) is 6.63. The van der Waals surface area contributed by atoms with Crippen LogP contribution in [0.2, 0.25) is 0 Å². The Kier molecular flexibility index (Phi) is 5.25. The van der Waals surface area contributed by atoms with Crippen molar-refractivity contribution < 1.29 is 14.7 Å². The molecule has 0 saturated heterocycles. The van der Waals surface area contributed by atoms with Gasteiger partial charge in [0, 0.05) is 30.9 Å². The number of carboxylic acids is 1. The minimum atomic E-state index is -0.897. The van der Waals surface area contributed by atoms with E-state index < -0.39 is 17.3 Å². The minimum Gasteiger partial charge on any atom is -0.481 e. The molecule has 1 atom stereocenters. The van der Waals surface area contributed by atoms with Crippen LogP contribution >= 0.6 is 0 Å². The summed E-state index contributed by atoms with van der Waals surface area (Å²) in [6, 6.07) is 3.66. The number of rotatable bonds is 5. The van der Waals surface area contributed by atoms with Gasteiger partial charge in [0.2, 0.25) is 5.91 Å². The highest BCUT2D eigenvalue weighted by atomic mass is 16.4. The normalized spacial score (nSPS) is 12.8. The predicted octanol–water partition coefficient (Wildman–Crippen LogP) is 2.18. The largest absolute Gasteiger partial charge is 0.481 e. The van der Waals surface area contributed by atoms with E-state index in [-0.39, 0.29) is 12.5 Å². The molecule has 0 spiro atoms. The number of amides is 1. The van der Waals surface area contributed by atoms with Crippen LogP contribution in [0, 0.1) is 11.3 Å². The first kappa shape index (κ1) is 16.1. The Bertz CT molecular complexity index is 466. The molecule has 110 valence electrons. The van der Waals surface area contributed by atoms with Crippen LogP contribution in [0.1, 0.15) is 33.3 Å². The molecule has 1 N–H and O–H groups in total. The summed E-state index contributed by atoms with van der Waals surface area (Å²) >= 11 is 0. The molecule has 0 aliphatic heterocycles. The molecule has 1 rings (SSSR count). The zero-order valence-corrected chi connectivity index (χ0v) is 12.5. The van der Waals surface area contributed by atoms with E-state index in [1.807, 2.05) is 32.9 Å². The van der Waals surface area contributed by atoms with Crippen LogP contribution < -0.4 is 0 Å². The Balaban J connectivity index is 2.90. The molecular weight excluding hydrogens is 256 g/mol. The summed E-state index contributed by atoms with van der Waals surface area (Å²) in [6.45, 7) is 7.71. The number of hydrogen-bond acceptors (Lipinski definition) is 3. The summed E-state index contributed by atoms with van der Waals surface area (Å²) < 4.78 is 0. The number of carbonyl (C=O) groups is 2. The fraction of sp³-hybridized carbons (Fsp3) is 0.533. The van der Waals surface area contributed by atoms with Crippen LogP contribution in [0.25, 0.3) is 0 Å². The molecule has 0 aliphatic carbocycles. The molecule has 1 aromatic rings. The van der Waals surface area contributed by atoms with Gasteiger partial charge in [0.05, 0.1) is 5.92 Å². The van der Waals surface area contributed by atoms with E-state index in [2.05, 4.69) is 4.98 Å². The lowest BCUT2D eigenvalue weighted by atomic mass is 9.94. The van der Waals surface area contributed by atoms with Gasteiger partial charge in [0.15, 0.2) is 0 Å². The predicted molar refractivity (Wildman–Crippen MR) is 75.9 cm³/mol. The first-order valence-electron chi connectivity index (χ1n) is 6.63. The van der Waals surface area contributed by atoms with Crippen molar-refractivity contribution in [2.75, 3.05) is 6.54 Å². The van der Waals surface area contributed by atoms with Crippen molar-refractivity contribution in [2.24, 2.45) is 11.3 Å². The maximum atomic E-state index is 12.4. The van der Waals surface area contributed by atoms with Crippen LogP contribution in [0.5, 0.6) is 0 Å². The van der Waals surface area contributed by atoms with E-state index in [1.54, 1.807) is 24.2 Å². The van der Waals surface area contributed by atoms with E-state index >= 15 is 0 Å². The monoisotopic (exact) mass is 278 g/mol. The van der Waals surface area contributed by atoms with E-state index in [9.17, 15) is 9.59 Å². The third kappa shape index (κ3) is 4.64. The number of pyridine rings is 1. The van der Waals surface area contributed by atoms with Gasteiger partial charge >= 0.3 is 5.97 Å². The Morgan fingerprint density at radius 3 is 2.30 bits per heavy atom. The second-order valence-electron chi connectivity index (χ2n) is 6.03. The van der Waals surface area contributed by atoms with Gasteiger partial charge in [-0.1, -0.05) is 27.7 Å². The van der Waals surface area contributed by atoms with Gasteiger partial charge in [-0.15, -0.1) is 0 Å². The first-order chi connectivity index (χ1) is 9.21. The Hall–Kier alpha value is -1.91. The average Bonchev–Trinajstić information content (AvgIpc) is 2.37. The molecule has 1 heterocycles. The van der Waals surface area contributed by atoms with Crippen LogP contribution in [-0.2, 0) is 16.1 Å². The van der Waals surface area contributed by atoms with E-state index in [4.69, 9.17) is 5.11 Å². The third-order valence-corrected chi connectivity index (χ3v) is 2.97. The molecular formula is C15H22N2O3. The lowest BCUT2D eigenvalue weighted by Crippen LogP contribution is -2.42. The van der Waals surface area contributed by atoms with Crippen molar-refractivity contribution in [3.05, 3.63) is 30.1 Å². The van der Waals surface area contributed by atoms with Crippen molar-refractivity contribution in [1.29, 1.82) is 0 Å². The number of aromatic nitrogens is 1. The summed E-state index contributed by atoms with van der Waals surface area (Å²) in [4.78, 5) is 29.0. The summed E-state index contributed by atoms with van der Waals surface area (Å²) in [7, 11) is 0. The second kappa shape index (κ2) is 6.50. The lowest BCUT2D eigenvalue weighted by molar-refractivity contribution is -0.145. The van der Waals surface area contributed by atoms with Crippen molar-refractivity contribution in [3.63, 3.8) is 0 Å². The Labute approximate surface area is 119 Å². The number of carboxylic acid groups (broad SMARTS) is 1. The van der Waals surface area contributed by atoms with Crippen molar-refractivity contribution >= 4 is 11.9 Å². The molecule has 5 heteroatoms. The molecule has 1 unspecified atom stereocenters. The summed E-state index contributed by atoms with van der Waals surface area (Å²) in [5.41, 5.74) is 0.404. The maximum absolute atomic E-state index is 12.4. The van der Waals surface area contributed by atoms with E-state index in [0.717, 1.165) is 5.56 Å². The number of nitrogens with zero attached hydrogens (tertiary/aromatic N) is 2. The van der Waals surface area contributed by atoms with Crippen LogP contribution in [0.4, 0.5) is 0 Å². The standard InChI is InChI=1S/C15H22N2O3/c1-11(13(18)19)9-17(14(20)15(2,3)4)10-12-5-7-16-8-6-12/h5-8,11H,9-10H2,1-4H3,(H,18,19). The van der Waals surface area contributed by atoms with Gasteiger partial charge < -0.3 is 10.0 Å². The van der Waals surface area contributed by atoms with Crippen LogP contribution in [0.15, 0.2) is 24.5 Å². The van der Waals surface area contributed by atoms with Crippen molar-refractivity contribution in [1.82, 2.24) is 9.88 Å². The molecule has 0 radical (unpaired) electrons. The average molecular weight is 278 g/mol. The highest BCUT2D eigenvalue weighted by molar-refractivity contribution is 5.82. The molecule has 0 fully saturated rings. The molecule has 1 amide bonds. The molecule has 0 aliphatic rings. The number of carbonyl (C=O) groups excluding carboxylic acids is 1. The summed E-state index contributed by atoms with van der Waals surface area (Å²) in [6.07, 6.45) is 3.32. The minimum absolute atomic E-state index is 0.0533. The summed E-state index contributed by atoms with van der Waals surface area (Å²) in [5, 5.41) is 9.03. The van der Waals surface area contributed by atoms with Gasteiger partial charge in [-0.3, -0.25) is 14.6 Å². The fourth-order valence-electron chi connectivity index (χ4n) is 1.81. The number of aliphatic carboxylic acids is 1. The highest BCUT2D eigenvalue weighted by Crippen LogP contribution is 2.20. The van der Waals surface area contributed by atoms with E-state index in [1.165, 1.54) is 0 Å². The smallest absolute Gasteiger partial charge is 0.308 e. The highest BCUT2D eigenvalue weighted by Gasteiger charge is 2.29. The van der Waals surface area contributed by atoms with E-state index in [0.29, 0.717) is 6.54 Å².